The lowest BCUT2D eigenvalue weighted by atomic mass is 9.84. The molecule has 0 N–H and O–H groups in total. The Morgan fingerprint density at radius 3 is 2.67 bits per heavy atom. The number of hydrogen-bond donors (Lipinski definition) is 0. The minimum absolute atomic E-state index is 0.674. The molecule has 0 spiro atoms. The molecular weight excluding hydrogens is 216 g/mol. The van der Waals surface area contributed by atoms with Crippen LogP contribution in [0, 0.1) is 0 Å². The molecule has 0 bridgehead atoms. The van der Waals surface area contributed by atoms with Gasteiger partial charge >= 0.3 is 0 Å². The largest absolute Gasteiger partial charge is 0.0619 e. The third kappa shape index (κ3) is 1.38. The van der Waals surface area contributed by atoms with E-state index in [1.165, 1.54) is 43.2 Å². The van der Waals surface area contributed by atoms with Crippen molar-refractivity contribution in [2.24, 2.45) is 0 Å². The van der Waals surface area contributed by atoms with Crippen LogP contribution in [0.1, 0.15) is 48.3 Å². The predicted octanol–water partition coefficient (Wildman–Crippen LogP) is 4.92. The van der Waals surface area contributed by atoms with Crippen molar-refractivity contribution in [3.63, 3.8) is 0 Å². The van der Waals surface area contributed by atoms with E-state index in [1.54, 1.807) is 16.7 Å². The van der Waals surface area contributed by atoms with Gasteiger partial charge in [0.15, 0.2) is 0 Å². The standard InChI is InChI=1S/C18H18/c1-2-7-13-8-6-12-17-15-10-5-4-9-14(15)16(11-3-1)18(13)17/h4-6,8-10,12,16H,1-3,7,11H2. The normalized spacial score (nSPS) is 20.8. The van der Waals surface area contributed by atoms with Crippen LogP contribution in [0.5, 0.6) is 0 Å². The van der Waals surface area contributed by atoms with Crippen molar-refractivity contribution in [1.29, 1.82) is 0 Å². The molecule has 1 unspecified atom stereocenters. The number of fused-ring (bicyclic) bond motifs is 3. The summed E-state index contributed by atoms with van der Waals surface area (Å²) in [7, 11) is 0. The molecule has 18 heavy (non-hydrogen) atoms. The predicted molar refractivity (Wildman–Crippen MR) is 75.9 cm³/mol. The van der Waals surface area contributed by atoms with Crippen molar-refractivity contribution in [2.75, 3.05) is 0 Å². The summed E-state index contributed by atoms with van der Waals surface area (Å²) in [5.41, 5.74) is 7.82. The first-order valence-corrected chi connectivity index (χ1v) is 7.16. The number of hydrogen-bond acceptors (Lipinski definition) is 0. The minimum Gasteiger partial charge on any atom is -0.0619 e. The average Bonchev–Trinajstić information content (AvgIpc) is 2.70. The Morgan fingerprint density at radius 2 is 1.67 bits per heavy atom. The molecule has 0 aliphatic heterocycles. The van der Waals surface area contributed by atoms with Gasteiger partial charge in [0.25, 0.3) is 0 Å². The lowest BCUT2D eigenvalue weighted by molar-refractivity contribution is 0.583. The maximum Gasteiger partial charge on any atom is 0.0104 e. The first-order valence-electron chi connectivity index (χ1n) is 7.16. The first-order chi connectivity index (χ1) is 8.95. The summed E-state index contributed by atoms with van der Waals surface area (Å²) in [6.07, 6.45) is 6.74. The second-order valence-electron chi connectivity index (χ2n) is 5.62. The van der Waals surface area contributed by atoms with Crippen molar-refractivity contribution in [3.8, 4) is 11.1 Å². The number of aryl methyl sites for hydroxylation is 1. The van der Waals surface area contributed by atoms with E-state index in [0.717, 1.165) is 0 Å². The van der Waals surface area contributed by atoms with E-state index in [1.807, 2.05) is 0 Å². The molecule has 0 nitrogen and oxygen atoms in total. The van der Waals surface area contributed by atoms with Crippen molar-refractivity contribution in [3.05, 3.63) is 59.2 Å². The zero-order valence-corrected chi connectivity index (χ0v) is 10.7. The van der Waals surface area contributed by atoms with Crippen molar-refractivity contribution >= 4 is 0 Å². The molecule has 0 aromatic heterocycles. The molecule has 0 saturated heterocycles. The molecule has 2 aliphatic rings. The molecule has 2 aliphatic carbocycles. The molecule has 0 heteroatoms. The van der Waals surface area contributed by atoms with Gasteiger partial charge in [0.2, 0.25) is 0 Å². The molecule has 90 valence electrons. The molecule has 0 amide bonds. The van der Waals surface area contributed by atoms with Crippen LogP contribution in [0.25, 0.3) is 11.1 Å². The van der Waals surface area contributed by atoms with Gasteiger partial charge in [-0.05, 0) is 47.1 Å². The van der Waals surface area contributed by atoms with E-state index in [0.29, 0.717) is 5.92 Å². The third-order valence-electron chi connectivity index (χ3n) is 4.61. The first kappa shape index (κ1) is 10.4. The van der Waals surface area contributed by atoms with Gasteiger partial charge < -0.3 is 0 Å². The number of benzene rings is 2. The molecule has 0 heterocycles. The minimum atomic E-state index is 0.674. The van der Waals surface area contributed by atoms with E-state index in [-0.39, 0.29) is 0 Å². The highest BCUT2D eigenvalue weighted by Crippen LogP contribution is 2.49. The maximum absolute atomic E-state index is 2.35. The van der Waals surface area contributed by atoms with Gasteiger partial charge in [0, 0.05) is 5.92 Å². The summed E-state index contributed by atoms with van der Waals surface area (Å²) in [6.45, 7) is 0. The fourth-order valence-corrected chi connectivity index (χ4v) is 3.82. The Labute approximate surface area is 109 Å². The van der Waals surface area contributed by atoms with Gasteiger partial charge in [-0.3, -0.25) is 0 Å². The second kappa shape index (κ2) is 3.98. The fourth-order valence-electron chi connectivity index (χ4n) is 3.82. The van der Waals surface area contributed by atoms with Crippen LogP contribution in [0.3, 0.4) is 0 Å². The van der Waals surface area contributed by atoms with Crippen LogP contribution in [-0.4, -0.2) is 0 Å². The topological polar surface area (TPSA) is 0 Å². The Morgan fingerprint density at radius 1 is 0.778 bits per heavy atom. The highest BCUT2D eigenvalue weighted by atomic mass is 14.3. The van der Waals surface area contributed by atoms with Crippen LogP contribution in [0.4, 0.5) is 0 Å². The summed E-state index contributed by atoms with van der Waals surface area (Å²) in [6, 6.07) is 15.9. The zero-order valence-electron chi connectivity index (χ0n) is 10.7. The van der Waals surface area contributed by atoms with Crippen LogP contribution >= 0.6 is 0 Å². The highest BCUT2D eigenvalue weighted by molar-refractivity contribution is 5.80. The Hall–Kier alpha value is -1.56. The molecule has 4 rings (SSSR count). The third-order valence-corrected chi connectivity index (χ3v) is 4.61. The zero-order chi connectivity index (χ0) is 11.9. The second-order valence-corrected chi connectivity index (χ2v) is 5.62. The maximum atomic E-state index is 2.35. The Kier molecular flexibility index (Phi) is 2.29. The van der Waals surface area contributed by atoms with E-state index < -0.39 is 0 Å². The summed E-state index contributed by atoms with van der Waals surface area (Å²) in [4.78, 5) is 0. The molecule has 1 atom stereocenters. The monoisotopic (exact) mass is 234 g/mol. The summed E-state index contributed by atoms with van der Waals surface area (Å²) in [5.74, 6) is 0.674. The van der Waals surface area contributed by atoms with Gasteiger partial charge in [-0.2, -0.15) is 0 Å². The number of rotatable bonds is 0. The smallest absolute Gasteiger partial charge is 0.0104 e. The van der Waals surface area contributed by atoms with Crippen LogP contribution in [-0.2, 0) is 6.42 Å². The van der Waals surface area contributed by atoms with Crippen molar-refractivity contribution < 1.29 is 0 Å². The van der Waals surface area contributed by atoms with Crippen molar-refractivity contribution in [1.82, 2.24) is 0 Å². The summed E-state index contributed by atoms with van der Waals surface area (Å²) in [5, 5.41) is 0. The van der Waals surface area contributed by atoms with E-state index in [9.17, 15) is 0 Å². The van der Waals surface area contributed by atoms with Gasteiger partial charge in [-0.1, -0.05) is 55.3 Å². The molecule has 2 aromatic carbocycles. The van der Waals surface area contributed by atoms with Gasteiger partial charge in [0.1, 0.15) is 0 Å². The van der Waals surface area contributed by atoms with Gasteiger partial charge in [0.05, 0.1) is 0 Å². The van der Waals surface area contributed by atoms with E-state index in [2.05, 4.69) is 42.5 Å². The quantitative estimate of drug-likeness (QED) is 0.607. The van der Waals surface area contributed by atoms with Crippen LogP contribution in [0.2, 0.25) is 0 Å². The summed E-state index contributed by atoms with van der Waals surface area (Å²) >= 11 is 0. The van der Waals surface area contributed by atoms with E-state index in [4.69, 9.17) is 0 Å². The van der Waals surface area contributed by atoms with Gasteiger partial charge in [-0.25, -0.2) is 0 Å². The Balaban J connectivity index is 2.00. The summed E-state index contributed by atoms with van der Waals surface area (Å²) < 4.78 is 0. The SMILES string of the molecule is c1ccc2c(c1)-c1cccc3c1C2CCCCC3. The molecule has 2 aromatic rings. The molecule has 0 saturated carbocycles. The molecule has 0 radical (unpaired) electrons. The fraction of sp³-hybridized carbons (Fsp3) is 0.333. The molecule has 0 fully saturated rings. The lowest BCUT2D eigenvalue weighted by Gasteiger charge is -2.20. The van der Waals surface area contributed by atoms with Crippen LogP contribution < -0.4 is 0 Å². The van der Waals surface area contributed by atoms with E-state index >= 15 is 0 Å². The molecular formula is C18H18. The average molecular weight is 234 g/mol. The van der Waals surface area contributed by atoms with Crippen molar-refractivity contribution in [2.45, 2.75) is 38.0 Å². The Bertz CT molecular complexity index is 595. The van der Waals surface area contributed by atoms with Gasteiger partial charge in [-0.15, -0.1) is 0 Å². The lowest BCUT2D eigenvalue weighted by Crippen LogP contribution is -2.04. The highest BCUT2D eigenvalue weighted by Gasteiger charge is 2.30. The van der Waals surface area contributed by atoms with Crippen LogP contribution in [0.15, 0.2) is 42.5 Å².